The first-order chi connectivity index (χ1) is 13.5. The number of nitrogens with zero attached hydrogens (tertiary/aromatic N) is 2. The monoisotopic (exact) mass is 555 g/mol. The maximum Gasteiger partial charge on any atom is 0.215 e. The summed E-state index contributed by atoms with van der Waals surface area (Å²) in [6, 6.07) is 4.69. The third kappa shape index (κ3) is 6.72. The molecule has 0 atom stereocenters. The standard InChI is InChI=1S/C18H26FN5O2S2.HI/c1-20-18(22-6-11-28(25,26)24-7-9-27-10-8-24)21-5-4-14-13-23-17-3-2-15(19)12-16(14)17;/h2-3,12-13,23H,4-11H2,1H3,(H2,20,21,22);1H. The van der Waals surface area contributed by atoms with Crippen molar-refractivity contribution in [2.75, 3.05) is 50.5 Å². The number of aromatic nitrogens is 1. The summed E-state index contributed by atoms with van der Waals surface area (Å²) in [4.78, 5) is 7.27. The van der Waals surface area contributed by atoms with Crippen LogP contribution in [0.5, 0.6) is 0 Å². The Hall–Kier alpha value is -1.05. The van der Waals surface area contributed by atoms with Gasteiger partial charge in [-0.3, -0.25) is 4.99 Å². The smallest absolute Gasteiger partial charge is 0.215 e. The van der Waals surface area contributed by atoms with Gasteiger partial charge in [0.15, 0.2) is 5.96 Å². The first kappa shape index (κ1) is 24.2. The third-order valence-corrected chi connectivity index (χ3v) is 7.47. The highest BCUT2D eigenvalue weighted by Gasteiger charge is 2.23. The Kier molecular flexibility index (Phi) is 9.50. The zero-order valence-corrected chi connectivity index (χ0v) is 20.2. The third-order valence-electron chi connectivity index (χ3n) is 4.66. The van der Waals surface area contributed by atoms with E-state index in [9.17, 15) is 12.8 Å². The minimum absolute atomic E-state index is 0. The topological polar surface area (TPSA) is 89.6 Å². The van der Waals surface area contributed by atoms with Crippen LogP contribution in [0.4, 0.5) is 4.39 Å². The van der Waals surface area contributed by atoms with Crippen molar-refractivity contribution in [1.82, 2.24) is 19.9 Å². The molecule has 0 aliphatic carbocycles. The van der Waals surface area contributed by atoms with Gasteiger partial charge in [0, 0.05) is 61.8 Å². The number of aliphatic imine (C=N–C) groups is 1. The molecule has 3 rings (SSSR count). The molecule has 0 spiro atoms. The Morgan fingerprint density at radius 1 is 1.28 bits per heavy atom. The van der Waals surface area contributed by atoms with E-state index >= 15 is 0 Å². The van der Waals surface area contributed by atoms with Gasteiger partial charge in [-0.2, -0.15) is 11.8 Å². The van der Waals surface area contributed by atoms with Crippen LogP contribution in [0.25, 0.3) is 10.9 Å². The molecular formula is C18H27FIN5O2S2. The van der Waals surface area contributed by atoms with Crippen LogP contribution < -0.4 is 10.6 Å². The van der Waals surface area contributed by atoms with Gasteiger partial charge < -0.3 is 15.6 Å². The van der Waals surface area contributed by atoms with Crippen molar-refractivity contribution in [2.24, 2.45) is 4.99 Å². The van der Waals surface area contributed by atoms with Gasteiger partial charge in [-0.1, -0.05) is 0 Å². The molecule has 0 saturated carbocycles. The molecule has 1 saturated heterocycles. The summed E-state index contributed by atoms with van der Waals surface area (Å²) in [5, 5.41) is 7.09. The van der Waals surface area contributed by atoms with Crippen molar-refractivity contribution in [3.63, 3.8) is 0 Å². The number of guanidine groups is 1. The first-order valence-corrected chi connectivity index (χ1v) is 12.0. The van der Waals surface area contributed by atoms with Crippen LogP contribution in [0.15, 0.2) is 29.4 Å². The molecule has 2 heterocycles. The first-order valence-electron chi connectivity index (χ1n) is 9.25. The number of fused-ring (bicyclic) bond motifs is 1. The molecule has 0 unspecified atom stereocenters. The lowest BCUT2D eigenvalue weighted by molar-refractivity contribution is 0.443. The van der Waals surface area contributed by atoms with Crippen LogP contribution in [0.2, 0.25) is 0 Å². The van der Waals surface area contributed by atoms with Gasteiger partial charge in [0.05, 0.1) is 5.75 Å². The van der Waals surface area contributed by atoms with Gasteiger partial charge in [0.25, 0.3) is 0 Å². The van der Waals surface area contributed by atoms with Crippen molar-refractivity contribution in [3.8, 4) is 0 Å². The van der Waals surface area contributed by atoms with Crippen molar-refractivity contribution in [3.05, 3.63) is 35.8 Å². The molecule has 7 nitrogen and oxygen atoms in total. The molecule has 3 N–H and O–H groups in total. The molecule has 29 heavy (non-hydrogen) atoms. The van der Waals surface area contributed by atoms with E-state index in [1.54, 1.807) is 29.2 Å². The molecule has 2 aromatic rings. The van der Waals surface area contributed by atoms with E-state index in [0.29, 0.717) is 38.6 Å². The van der Waals surface area contributed by atoms with E-state index < -0.39 is 10.0 Å². The molecule has 0 amide bonds. The van der Waals surface area contributed by atoms with Crippen molar-refractivity contribution < 1.29 is 12.8 Å². The average Bonchev–Trinajstić information content (AvgIpc) is 3.09. The number of hydrogen-bond acceptors (Lipinski definition) is 4. The minimum atomic E-state index is -3.24. The van der Waals surface area contributed by atoms with Gasteiger partial charge >= 0.3 is 0 Å². The summed E-state index contributed by atoms with van der Waals surface area (Å²) < 4.78 is 39.7. The Balaban J connectivity index is 0.00000300. The Morgan fingerprint density at radius 2 is 2.00 bits per heavy atom. The number of benzene rings is 1. The summed E-state index contributed by atoms with van der Waals surface area (Å²) in [6.07, 6.45) is 2.57. The maximum absolute atomic E-state index is 13.5. The number of hydrogen-bond donors (Lipinski definition) is 3. The Labute approximate surface area is 192 Å². The molecule has 1 aromatic carbocycles. The highest BCUT2D eigenvalue weighted by atomic mass is 127. The second-order valence-corrected chi connectivity index (χ2v) is 9.82. The van der Waals surface area contributed by atoms with Gasteiger partial charge in [0.1, 0.15) is 5.82 Å². The average molecular weight is 555 g/mol. The lowest BCUT2D eigenvalue weighted by atomic mass is 10.1. The summed E-state index contributed by atoms with van der Waals surface area (Å²) in [7, 11) is -1.59. The van der Waals surface area contributed by atoms with E-state index in [0.717, 1.165) is 28.0 Å². The minimum Gasteiger partial charge on any atom is -0.361 e. The second-order valence-electron chi connectivity index (χ2n) is 6.51. The second kappa shape index (κ2) is 11.4. The van der Waals surface area contributed by atoms with Crippen LogP contribution in [-0.2, 0) is 16.4 Å². The number of nitrogens with one attached hydrogen (secondary N) is 3. The molecular weight excluding hydrogens is 528 g/mol. The van der Waals surface area contributed by atoms with Crippen molar-refractivity contribution >= 4 is 62.6 Å². The molecule has 1 aromatic heterocycles. The highest BCUT2D eigenvalue weighted by Crippen LogP contribution is 2.19. The number of halogens is 2. The van der Waals surface area contributed by atoms with Crippen LogP contribution in [0, 0.1) is 5.82 Å². The van der Waals surface area contributed by atoms with Gasteiger partial charge in [-0.05, 0) is 30.2 Å². The normalized spacial score (nSPS) is 15.9. The fraction of sp³-hybridized carbons (Fsp3) is 0.500. The van der Waals surface area contributed by atoms with E-state index in [1.165, 1.54) is 12.1 Å². The number of aromatic amines is 1. The summed E-state index contributed by atoms with van der Waals surface area (Å²) in [5.74, 6) is 2.05. The van der Waals surface area contributed by atoms with E-state index in [-0.39, 0.29) is 35.5 Å². The predicted octanol–water partition coefficient (Wildman–Crippen LogP) is 2.01. The number of rotatable bonds is 7. The van der Waals surface area contributed by atoms with Crippen molar-refractivity contribution in [2.45, 2.75) is 6.42 Å². The Bertz CT molecular complexity index is 929. The lowest BCUT2D eigenvalue weighted by Gasteiger charge is -2.25. The molecule has 1 aliphatic heterocycles. The predicted molar refractivity (Wildman–Crippen MR) is 129 cm³/mol. The molecule has 0 radical (unpaired) electrons. The quantitative estimate of drug-likeness (QED) is 0.277. The maximum atomic E-state index is 13.5. The molecule has 0 bridgehead atoms. The SMILES string of the molecule is CN=C(NCCc1c[nH]c2ccc(F)cc12)NCCS(=O)(=O)N1CCSCC1.I. The van der Waals surface area contributed by atoms with E-state index in [2.05, 4.69) is 20.6 Å². The molecule has 1 fully saturated rings. The number of H-pyrrole nitrogens is 1. The van der Waals surface area contributed by atoms with Crippen LogP contribution in [-0.4, -0.2) is 74.2 Å². The van der Waals surface area contributed by atoms with Gasteiger partial charge in [-0.25, -0.2) is 17.1 Å². The zero-order valence-electron chi connectivity index (χ0n) is 16.3. The fourth-order valence-corrected chi connectivity index (χ4v) is 5.64. The molecule has 162 valence electrons. The number of sulfonamides is 1. The van der Waals surface area contributed by atoms with Crippen molar-refractivity contribution in [1.29, 1.82) is 0 Å². The van der Waals surface area contributed by atoms with Crippen LogP contribution in [0.3, 0.4) is 0 Å². The highest BCUT2D eigenvalue weighted by molar-refractivity contribution is 14.0. The van der Waals surface area contributed by atoms with E-state index in [4.69, 9.17) is 0 Å². The largest absolute Gasteiger partial charge is 0.361 e. The van der Waals surface area contributed by atoms with Gasteiger partial charge in [-0.15, -0.1) is 24.0 Å². The molecule has 11 heteroatoms. The zero-order chi connectivity index (χ0) is 20.0. The Morgan fingerprint density at radius 3 is 2.72 bits per heavy atom. The summed E-state index contributed by atoms with van der Waals surface area (Å²) in [5.41, 5.74) is 1.92. The van der Waals surface area contributed by atoms with Crippen LogP contribution >= 0.6 is 35.7 Å². The van der Waals surface area contributed by atoms with Crippen LogP contribution in [0.1, 0.15) is 5.56 Å². The summed E-state index contributed by atoms with van der Waals surface area (Å²) >= 11 is 1.78. The fourth-order valence-electron chi connectivity index (χ4n) is 3.15. The number of thioether (sulfide) groups is 1. The lowest BCUT2D eigenvalue weighted by Crippen LogP contribution is -2.44. The van der Waals surface area contributed by atoms with Gasteiger partial charge in [0.2, 0.25) is 10.0 Å². The summed E-state index contributed by atoms with van der Waals surface area (Å²) in [6.45, 7) is 2.07. The molecule has 1 aliphatic rings. The van der Waals surface area contributed by atoms with E-state index in [1.807, 2.05) is 6.20 Å².